The highest BCUT2D eigenvalue weighted by molar-refractivity contribution is 7.86. The van der Waals surface area contributed by atoms with Gasteiger partial charge >= 0.3 is 0 Å². The third-order valence-corrected chi connectivity index (χ3v) is 4.64. The summed E-state index contributed by atoms with van der Waals surface area (Å²) in [5.41, 5.74) is 0. The SMILES string of the molecule is COCCN(C)S(=O)(=O)N(C)C1CNC1. The second kappa shape index (κ2) is 5.22. The van der Waals surface area contributed by atoms with Crippen LogP contribution in [-0.2, 0) is 14.9 Å². The molecule has 1 heterocycles. The third-order valence-electron chi connectivity index (χ3n) is 2.64. The average Bonchev–Trinajstić information content (AvgIpc) is 2.11. The molecule has 6 nitrogen and oxygen atoms in total. The van der Waals surface area contributed by atoms with Crippen molar-refractivity contribution in [2.45, 2.75) is 6.04 Å². The van der Waals surface area contributed by atoms with Crippen LogP contribution >= 0.6 is 0 Å². The van der Waals surface area contributed by atoms with E-state index in [1.807, 2.05) is 0 Å². The highest BCUT2D eigenvalue weighted by Gasteiger charge is 2.32. The van der Waals surface area contributed by atoms with Crippen LogP contribution in [0, 0.1) is 0 Å². The molecule has 0 aromatic rings. The van der Waals surface area contributed by atoms with E-state index in [0.717, 1.165) is 13.1 Å². The van der Waals surface area contributed by atoms with Crippen molar-refractivity contribution in [2.24, 2.45) is 0 Å². The van der Waals surface area contributed by atoms with Crippen LogP contribution in [0.2, 0.25) is 0 Å². The summed E-state index contributed by atoms with van der Waals surface area (Å²) in [5.74, 6) is 0. The Kier molecular flexibility index (Phi) is 4.47. The molecule has 1 N–H and O–H groups in total. The van der Waals surface area contributed by atoms with E-state index in [0.29, 0.717) is 13.2 Å². The molecule has 0 radical (unpaired) electrons. The topological polar surface area (TPSA) is 61.9 Å². The van der Waals surface area contributed by atoms with Gasteiger partial charge in [-0.05, 0) is 0 Å². The second-order valence-electron chi connectivity index (χ2n) is 3.65. The van der Waals surface area contributed by atoms with E-state index < -0.39 is 10.2 Å². The number of ether oxygens (including phenoxy) is 1. The zero-order valence-electron chi connectivity index (χ0n) is 9.43. The molecule has 0 aliphatic carbocycles. The van der Waals surface area contributed by atoms with Crippen LogP contribution in [-0.4, -0.2) is 70.5 Å². The fourth-order valence-electron chi connectivity index (χ4n) is 1.27. The van der Waals surface area contributed by atoms with Crippen LogP contribution < -0.4 is 5.32 Å². The maximum Gasteiger partial charge on any atom is 0.281 e. The Hall–Kier alpha value is -0.210. The van der Waals surface area contributed by atoms with E-state index >= 15 is 0 Å². The molecule has 1 saturated heterocycles. The minimum Gasteiger partial charge on any atom is -0.383 e. The number of methoxy groups -OCH3 is 1. The van der Waals surface area contributed by atoms with Gasteiger partial charge in [0.05, 0.1) is 12.6 Å². The van der Waals surface area contributed by atoms with E-state index in [1.54, 1.807) is 21.2 Å². The lowest BCUT2D eigenvalue weighted by atomic mass is 10.2. The fraction of sp³-hybridized carbons (Fsp3) is 1.00. The number of rotatable bonds is 6. The Morgan fingerprint density at radius 3 is 2.40 bits per heavy atom. The maximum atomic E-state index is 11.9. The van der Waals surface area contributed by atoms with Gasteiger partial charge in [-0.1, -0.05) is 0 Å². The van der Waals surface area contributed by atoms with E-state index in [9.17, 15) is 8.42 Å². The highest BCUT2D eigenvalue weighted by atomic mass is 32.2. The van der Waals surface area contributed by atoms with Crippen molar-refractivity contribution >= 4 is 10.2 Å². The number of hydrogen-bond donors (Lipinski definition) is 1. The molecule has 1 aliphatic heterocycles. The van der Waals surface area contributed by atoms with E-state index in [4.69, 9.17) is 4.74 Å². The monoisotopic (exact) mass is 237 g/mol. The zero-order chi connectivity index (χ0) is 11.5. The standard InChI is InChI=1S/C8H19N3O3S/c1-10(4-5-14-3)15(12,13)11(2)8-6-9-7-8/h8-9H,4-7H2,1-3H3. The molecule has 1 fully saturated rings. The number of nitrogens with one attached hydrogen (secondary N) is 1. The van der Waals surface area contributed by atoms with E-state index in [2.05, 4.69) is 5.32 Å². The Morgan fingerprint density at radius 2 is 2.00 bits per heavy atom. The lowest BCUT2D eigenvalue weighted by Crippen LogP contribution is -2.59. The summed E-state index contributed by atoms with van der Waals surface area (Å²) in [6.45, 7) is 2.25. The smallest absolute Gasteiger partial charge is 0.281 e. The summed E-state index contributed by atoms with van der Waals surface area (Å²) in [6, 6.07) is 0.0833. The Labute approximate surface area is 91.4 Å². The van der Waals surface area contributed by atoms with Crippen molar-refractivity contribution in [3.05, 3.63) is 0 Å². The molecule has 7 heteroatoms. The molecule has 0 bridgehead atoms. The first-order valence-corrected chi connectivity index (χ1v) is 6.28. The van der Waals surface area contributed by atoms with Crippen LogP contribution in [0.25, 0.3) is 0 Å². The first kappa shape index (κ1) is 12.9. The third kappa shape index (κ3) is 2.88. The van der Waals surface area contributed by atoms with Gasteiger partial charge in [0.1, 0.15) is 0 Å². The van der Waals surface area contributed by atoms with Crippen molar-refractivity contribution < 1.29 is 13.2 Å². The zero-order valence-corrected chi connectivity index (χ0v) is 10.2. The quantitative estimate of drug-likeness (QED) is 0.624. The summed E-state index contributed by atoms with van der Waals surface area (Å²) in [5, 5.41) is 3.05. The predicted octanol–water partition coefficient (Wildman–Crippen LogP) is -1.29. The van der Waals surface area contributed by atoms with Gasteiger partial charge in [0.25, 0.3) is 10.2 Å². The first-order valence-electron chi connectivity index (χ1n) is 4.89. The molecule has 0 aromatic heterocycles. The van der Waals surface area contributed by atoms with Gasteiger partial charge < -0.3 is 10.1 Å². The molecular formula is C8H19N3O3S. The Balaban J connectivity index is 2.55. The molecule has 15 heavy (non-hydrogen) atoms. The maximum absolute atomic E-state index is 11.9. The number of likely N-dealkylation sites (N-methyl/N-ethyl adjacent to an activating group) is 2. The predicted molar refractivity (Wildman–Crippen MR) is 57.8 cm³/mol. The van der Waals surface area contributed by atoms with Crippen LogP contribution in [0.5, 0.6) is 0 Å². The van der Waals surface area contributed by atoms with Crippen molar-refractivity contribution in [1.29, 1.82) is 0 Å². The Morgan fingerprint density at radius 1 is 1.40 bits per heavy atom. The van der Waals surface area contributed by atoms with Gasteiger partial charge in [0.15, 0.2) is 0 Å². The molecule has 0 aromatic carbocycles. The average molecular weight is 237 g/mol. The summed E-state index contributed by atoms with van der Waals surface area (Å²) >= 11 is 0. The fourth-order valence-corrected chi connectivity index (χ4v) is 2.54. The summed E-state index contributed by atoms with van der Waals surface area (Å²) in [7, 11) is 1.41. The van der Waals surface area contributed by atoms with Gasteiger partial charge in [0.2, 0.25) is 0 Å². The minimum atomic E-state index is -3.32. The van der Waals surface area contributed by atoms with Crippen LogP contribution in [0.1, 0.15) is 0 Å². The second-order valence-corrected chi connectivity index (χ2v) is 5.75. The summed E-state index contributed by atoms with van der Waals surface area (Å²) in [6.07, 6.45) is 0. The van der Waals surface area contributed by atoms with Gasteiger partial charge in [-0.15, -0.1) is 0 Å². The largest absolute Gasteiger partial charge is 0.383 e. The number of nitrogens with zero attached hydrogens (tertiary/aromatic N) is 2. The minimum absolute atomic E-state index is 0.0833. The van der Waals surface area contributed by atoms with Crippen molar-refractivity contribution in [3.8, 4) is 0 Å². The lowest BCUT2D eigenvalue weighted by Gasteiger charge is -2.36. The van der Waals surface area contributed by atoms with Crippen molar-refractivity contribution in [2.75, 3.05) is 47.4 Å². The molecule has 0 saturated carbocycles. The van der Waals surface area contributed by atoms with Gasteiger partial charge in [-0.2, -0.15) is 17.0 Å². The van der Waals surface area contributed by atoms with Gasteiger partial charge in [-0.25, -0.2) is 0 Å². The molecule has 0 spiro atoms. The van der Waals surface area contributed by atoms with Crippen LogP contribution in [0.3, 0.4) is 0 Å². The normalized spacial score (nSPS) is 18.5. The van der Waals surface area contributed by atoms with E-state index in [1.165, 1.54) is 8.61 Å². The number of hydrogen-bond acceptors (Lipinski definition) is 4. The summed E-state index contributed by atoms with van der Waals surface area (Å²) < 4.78 is 31.5. The molecule has 0 unspecified atom stereocenters. The van der Waals surface area contributed by atoms with Crippen molar-refractivity contribution in [1.82, 2.24) is 13.9 Å². The first-order chi connectivity index (χ1) is 7.00. The van der Waals surface area contributed by atoms with E-state index in [-0.39, 0.29) is 6.04 Å². The molecule has 1 rings (SSSR count). The molecule has 1 aliphatic rings. The highest BCUT2D eigenvalue weighted by Crippen LogP contribution is 2.11. The molecule has 0 amide bonds. The van der Waals surface area contributed by atoms with Gasteiger partial charge in [0, 0.05) is 40.8 Å². The Bertz CT molecular complexity index is 290. The summed E-state index contributed by atoms with van der Waals surface area (Å²) in [4.78, 5) is 0. The molecule has 0 atom stereocenters. The molecular weight excluding hydrogens is 218 g/mol. The van der Waals surface area contributed by atoms with Crippen molar-refractivity contribution in [3.63, 3.8) is 0 Å². The van der Waals surface area contributed by atoms with Crippen LogP contribution in [0.15, 0.2) is 0 Å². The lowest BCUT2D eigenvalue weighted by molar-refractivity contribution is 0.179. The van der Waals surface area contributed by atoms with Crippen LogP contribution in [0.4, 0.5) is 0 Å². The van der Waals surface area contributed by atoms with Gasteiger partial charge in [-0.3, -0.25) is 0 Å². The molecule has 90 valence electrons.